The van der Waals surface area contributed by atoms with Crippen LogP contribution in [-0.2, 0) is 10.0 Å². The molecule has 1 unspecified atom stereocenters. The largest absolute Gasteiger partial charge is 0.317 e. The van der Waals surface area contributed by atoms with Gasteiger partial charge in [-0.15, -0.1) is 0 Å². The Balaban J connectivity index is 2.19. The van der Waals surface area contributed by atoms with Crippen molar-refractivity contribution < 1.29 is 8.42 Å². The first kappa shape index (κ1) is 17.9. The van der Waals surface area contributed by atoms with Crippen molar-refractivity contribution in [2.45, 2.75) is 71.3 Å². The fraction of sp³-hybridized carbons (Fsp3) is 1.00. The second kappa shape index (κ2) is 9.74. The highest BCUT2D eigenvalue weighted by atomic mass is 32.2. The molecule has 20 heavy (non-hydrogen) atoms. The minimum atomic E-state index is -3.10. The van der Waals surface area contributed by atoms with E-state index in [1.807, 2.05) is 6.92 Å². The van der Waals surface area contributed by atoms with Gasteiger partial charge in [0, 0.05) is 6.04 Å². The summed E-state index contributed by atoms with van der Waals surface area (Å²) in [5.41, 5.74) is 0. The van der Waals surface area contributed by atoms with E-state index in [-0.39, 0.29) is 11.8 Å². The van der Waals surface area contributed by atoms with Crippen molar-refractivity contribution in [3.05, 3.63) is 0 Å². The van der Waals surface area contributed by atoms with E-state index in [0.717, 1.165) is 32.4 Å². The van der Waals surface area contributed by atoms with E-state index in [1.54, 1.807) is 0 Å². The molecule has 0 amide bonds. The summed E-state index contributed by atoms with van der Waals surface area (Å²) < 4.78 is 27.0. The van der Waals surface area contributed by atoms with Crippen LogP contribution in [0, 0.1) is 5.92 Å². The first-order valence-corrected chi connectivity index (χ1v) is 9.91. The zero-order valence-electron chi connectivity index (χ0n) is 13.2. The van der Waals surface area contributed by atoms with E-state index in [2.05, 4.69) is 17.0 Å². The van der Waals surface area contributed by atoms with Gasteiger partial charge in [-0.25, -0.2) is 13.1 Å². The summed E-state index contributed by atoms with van der Waals surface area (Å²) in [6.45, 7) is 6.09. The lowest BCUT2D eigenvalue weighted by atomic mass is 9.85. The number of rotatable bonds is 10. The molecule has 0 heterocycles. The number of hydrogen-bond acceptors (Lipinski definition) is 3. The van der Waals surface area contributed by atoms with Crippen molar-refractivity contribution in [2.75, 3.05) is 18.8 Å². The van der Waals surface area contributed by atoms with Gasteiger partial charge in [0.2, 0.25) is 10.0 Å². The molecule has 0 aromatic rings. The zero-order chi connectivity index (χ0) is 14.8. The predicted molar refractivity (Wildman–Crippen MR) is 85.4 cm³/mol. The van der Waals surface area contributed by atoms with Crippen molar-refractivity contribution >= 4 is 10.0 Å². The Morgan fingerprint density at radius 2 is 1.80 bits per heavy atom. The molecule has 1 atom stereocenters. The summed E-state index contributed by atoms with van der Waals surface area (Å²) >= 11 is 0. The van der Waals surface area contributed by atoms with Gasteiger partial charge in [0.1, 0.15) is 0 Å². The SMILES string of the molecule is CCCNCCCCS(=O)(=O)NC(C)C1CCCCC1. The number of hydrogen-bond donors (Lipinski definition) is 2. The average molecular weight is 305 g/mol. The molecule has 2 N–H and O–H groups in total. The van der Waals surface area contributed by atoms with Crippen molar-refractivity contribution in [2.24, 2.45) is 5.92 Å². The van der Waals surface area contributed by atoms with E-state index < -0.39 is 10.0 Å². The van der Waals surface area contributed by atoms with E-state index in [9.17, 15) is 8.42 Å². The molecule has 0 bridgehead atoms. The van der Waals surface area contributed by atoms with Crippen LogP contribution in [0.3, 0.4) is 0 Å². The highest BCUT2D eigenvalue weighted by molar-refractivity contribution is 7.89. The van der Waals surface area contributed by atoms with Crippen LogP contribution in [0.15, 0.2) is 0 Å². The normalized spacial score (nSPS) is 19.1. The quantitative estimate of drug-likeness (QED) is 0.610. The van der Waals surface area contributed by atoms with Gasteiger partial charge < -0.3 is 5.32 Å². The van der Waals surface area contributed by atoms with Crippen LogP contribution < -0.4 is 10.0 Å². The number of unbranched alkanes of at least 4 members (excludes halogenated alkanes) is 1. The summed E-state index contributed by atoms with van der Waals surface area (Å²) in [4.78, 5) is 0. The van der Waals surface area contributed by atoms with Crippen molar-refractivity contribution in [3.8, 4) is 0 Å². The Morgan fingerprint density at radius 3 is 2.45 bits per heavy atom. The fourth-order valence-corrected chi connectivity index (χ4v) is 4.38. The Bertz CT molecular complexity index is 338. The molecule has 0 radical (unpaired) electrons. The molecule has 120 valence electrons. The Hall–Kier alpha value is -0.130. The topological polar surface area (TPSA) is 58.2 Å². The van der Waals surface area contributed by atoms with Crippen molar-refractivity contribution in [1.82, 2.24) is 10.0 Å². The Labute approximate surface area is 125 Å². The minimum absolute atomic E-state index is 0.0958. The van der Waals surface area contributed by atoms with E-state index in [1.165, 1.54) is 32.1 Å². The van der Waals surface area contributed by atoms with Gasteiger partial charge in [-0.1, -0.05) is 26.2 Å². The third kappa shape index (κ3) is 7.60. The van der Waals surface area contributed by atoms with Crippen LogP contribution in [0.1, 0.15) is 65.2 Å². The maximum atomic E-state index is 12.0. The van der Waals surface area contributed by atoms with Gasteiger partial charge in [0.05, 0.1) is 5.75 Å². The maximum absolute atomic E-state index is 12.0. The van der Waals surface area contributed by atoms with Gasteiger partial charge >= 0.3 is 0 Å². The summed E-state index contributed by atoms with van der Waals surface area (Å²) in [5.74, 6) is 0.794. The molecule has 0 aromatic carbocycles. The fourth-order valence-electron chi connectivity index (χ4n) is 2.92. The molecule has 1 aliphatic rings. The minimum Gasteiger partial charge on any atom is -0.317 e. The van der Waals surface area contributed by atoms with Crippen molar-refractivity contribution in [1.29, 1.82) is 0 Å². The molecule has 0 spiro atoms. The molecule has 1 aliphatic carbocycles. The summed E-state index contributed by atoms with van der Waals surface area (Å²) in [6, 6.07) is 0.0958. The molecule has 1 rings (SSSR count). The van der Waals surface area contributed by atoms with Crippen LogP contribution in [0.4, 0.5) is 0 Å². The van der Waals surface area contributed by atoms with Crippen LogP contribution in [0.2, 0.25) is 0 Å². The van der Waals surface area contributed by atoms with E-state index in [0.29, 0.717) is 5.92 Å². The monoisotopic (exact) mass is 304 g/mol. The molecule has 1 fully saturated rings. The molecule has 0 aromatic heterocycles. The summed E-state index contributed by atoms with van der Waals surface area (Å²) in [5, 5.41) is 3.30. The predicted octanol–water partition coefficient (Wildman–Crippen LogP) is 2.65. The first-order chi connectivity index (χ1) is 9.55. The average Bonchev–Trinajstić information content (AvgIpc) is 2.43. The van der Waals surface area contributed by atoms with E-state index in [4.69, 9.17) is 0 Å². The van der Waals surface area contributed by atoms with Crippen LogP contribution in [0.5, 0.6) is 0 Å². The molecule has 4 nitrogen and oxygen atoms in total. The maximum Gasteiger partial charge on any atom is 0.211 e. The highest BCUT2D eigenvalue weighted by Crippen LogP contribution is 2.26. The van der Waals surface area contributed by atoms with Gasteiger partial charge in [-0.2, -0.15) is 0 Å². The molecular formula is C15H32N2O2S. The lowest BCUT2D eigenvalue weighted by Gasteiger charge is -2.28. The number of sulfonamides is 1. The number of nitrogens with one attached hydrogen (secondary N) is 2. The first-order valence-electron chi connectivity index (χ1n) is 8.26. The highest BCUT2D eigenvalue weighted by Gasteiger charge is 2.23. The van der Waals surface area contributed by atoms with Crippen molar-refractivity contribution in [3.63, 3.8) is 0 Å². The third-order valence-corrected chi connectivity index (χ3v) is 5.72. The second-order valence-electron chi connectivity index (χ2n) is 6.08. The van der Waals surface area contributed by atoms with Gasteiger partial charge in [0.25, 0.3) is 0 Å². The zero-order valence-corrected chi connectivity index (χ0v) is 14.0. The molecular weight excluding hydrogens is 272 g/mol. The molecule has 5 heteroatoms. The third-order valence-electron chi connectivity index (χ3n) is 4.17. The van der Waals surface area contributed by atoms with Gasteiger partial charge in [-0.05, 0) is 58.0 Å². The van der Waals surface area contributed by atoms with E-state index >= 15 is 0 Å². The lowest BCUT2D eigenvalue weighted by molar-refractivity contribution is 0.303. The standard InChI is InChI=1S/C15H32N2O2S/c1-3-11-16-12-7-8-13-20(18,19)17-14(2)15-9-5-4-6-10-15/h14-17H,3-13H2,1-2H3. The summed E-state index contributed by atoms with van der Waals surface area (Å²) in [6.07, 6.45) is 8.94. The second-order valence-corrected chi connectivity index (χ2v) is 7.95. The molecule has 0 saturated heterocycles. The summed E-state index contributed by atoms with van der Waals surface area (Å²) in [7, 11) is -3.10. The Kier molecular flexibility index (Phi) is 8.73. The Morgan fingerprint density at radius 1 is 1.10 bits per heavy atom. The van der Waals surface area contributed by atoms with Crippen LogP contribution in [0.25, 0.3) is 0 Å². The van der Waals surface area contributed by atoms with Crippen LogP contribution >= 0.6 is 0 Å². The van der Waals surface area contributed by atoms with Gasteiger partial charge in [-0.3, -0.25) is 0 Å². The molecule has 1 saturated carbocycles. The molecule has 0 aliphatic heterocycles. The lowest BCUT2D eigenvalue weighted by Crippen LogP contribution is -2.40. The van der Waals surface area contributed by atoms with Gasteiger partial charge in [0.15, 0.2) is 0 Å². The smallest absolute Gasteiger partial charge is 0.211 e. The van der Waals surface area contributed by atoms with Crippen LogP contribution in [-0.4, -0.2) is 33.3 Å².